The molecule has 0 unspecified atom stereocenters. The molecule has 2 N–H and O–H groups in total. The van der Waals surface area contributed by atoms with E-state index in [0.717, 1.165) is 16.8 Å². The van der Waals surface area contributed by atoms with Gasteiger partial charge in [-0.15, -0.1) is 12.4 Å². The molecule has 0 spiro atoms. The molecule has 0 aliphatic heterocycles. The largest absolute Gasteiger partial charge is 0.496 e. The summed E-state index contributed by atoms with van der Waals surface area (Å²) in [4.78, 5) is 4.18. The van der Waals surface area contributed by atoms with Gasteiger partial charge in [-0.25, -0.2) is 9.37 Å². The lowest BCUT2D eigenvalue weighted by atomic mass is 10.1. The fourth-order valence-electron chi connectivity index (χ4n) is 2.58. The summed E-state index contributed by atoms with van der Waals surface area (Å²) in [5.41, 5.74) is 8.39. The van der Waals surface area contributed by atoms with Crippen LogP contribution in [-0.4, -0.2) is 28.5 Å². The molecule has 0 bridgehead atoms. The van der Waals surface area contributed by atoms with Crippen LogP contribution in [0.4, 0.5) is 10.2 Å². The summed E-state index contributed by atoms with van der Waals surface area (Å²) in [6, 6.07) is 8.11. The van der Waals surface area contributed by atoms with Gasteiger partial charge in [-0.2, -0.15) is 5.10 Å². The summed E-state index contributed by atoms with van der Waals surface area (Å²) in [7, 11) is 3.40. The number of anilines is 1. The van der Waals surface area contributed by atoms with Gasteiger partial charge in [0.25, 0.3) is 0 Å². The number of nitrogens with zero attached hydrogens (tertiary/aromatic N) is 3. The van der Waals surface area contributed by atoms with Crippen LogP contribution in [0.5, 0.6) is 11.5 Å². The van der Waals surface area contributed by atoms with Gasteiger partial charge in [-0.1, -0.05) is 0 Å². The highest BCUT2D eigenvalue weighted by atomic mass is 35.5. The molecule has 0 saturated heterocycles. The minimum Gasteiger partial charge on any atom is -0.496 e. The summed E-state index contributed by atoms with van der Waals surface area (Å²) in [6.45, 7) is 0.320. The van der Waals surface area contributed by atoms with Crippen molar-refractivity contribution >= 4 is 18.2 Å². The lowest BCUT2D eigenvalue weighted by molar-refractivity contribution is 0.319. The smallest absolute Gasteiger partial charge is 0.166 e. The molecule has 3 rings (SSSR count). The maximum atomic E-state index is 13.4. The average molecular weight is 379 g/mol. The van der Waals surface area contributed by atoms with E-state index in [0.29, 0.717) is 30.3 Å². The van der Waals surface area contributed by atoms with Crippen LogP contribution >= 0.6 is 12.4 Å². The van der Waals surface area contributed by atoms with Gasteiger partial charge in [-0.3, -0.25) is 4.68 Å². The van der Waals surface area contributed by atoms with Crippen molar-refractivity contribution < 1.29 is 13.9 Å². The molecule has 138 valence electrons. The molecular weight excluding hydrogens is 359 g/mol. The fourth-order valence-corrected chi connectivity index (χ4v) is 2.58. The van der Waals surface area contributed by atoms with Gasteiger partial charge in [0.2, 0.25) is 0 Å². The number of benzene rings is 1. The molecule has 6 nitrogen and oxygen atoms in total. The second-order valence-corrected chi connectivity index (χ2v) is 5.50. The van der Waals surface area contributed by atoms with E-state index in [1.54, 1.807) is 30.3 Å². The Balaban J connectivity index is 0.00000243. The molecule has 26 heavy (non-hydrogen) atoms. The van der Waals surface area contributed by atoms with Crippen molar-refractivity contribution in [2.75, 3.05) is 19.5 Å². The quantitative estimate of drug-likeness (QED) is 0.712. The van der Waals surface area contributed by atoms with Gasteiger partial charge in [-0.05, 0) is 30.3 Å². The SMILES string of the molecule is COc1ccc(F)cc1CCOc1cc(-c2ccnn2C)cnc1N.Cl. The Hall–Kier alpha value is -2.80. The number of halogens is 2. The van der Waals surface area contributed by atoms with E-state index in [4.69, 9.17) is 15.2 Å². The van der Waals surface area contributed by atoms with Crippen LogP contribution in [0.25, 0.3) is 11.3 Å². The molecule has 0 radical (unpaired) electrons. The number of hydrogen-bond donors (Lipinski definition) is 1. The first-order chi connectivity index (χ1) is 12.1. The Morgan fingerprint density at radius 3 is 2.69 bits per heavy atom. The van der Waals surface area contributed by atoms with Crippen LogP contribution in [0.2, 0.25) is 0 Å². The fraction of sp³-hybridized carbons (Fsp3) is 0.222. The van der Waals surface area contributed by atoms with Gasteiger partial charge in [0, 0.05) is 37.0 Å². The van der Waals surface area contributed by atoms with E-state index in [9.17, 15) is 4.39 Å². The minimum absolute atomic E-state index is 0. The monoisotopic (exact) mass is 378 g/mol. The van der Waals surface area contributed by atoms with Crippen molar-refractivity contribution in [1.29, 1.82) is 0 Å². The predicted octanol–water partition coefficient (Wildman–Crippen LogP) is 3.26. The van der Waals surface area contributed by atoms with E-state index in [1.165, 1.54) is 12.1 Å². The zero-order valence-electron chi connectivity index (χ0n) is 14.5. The molecule has 0 atom stereocenters. The zero-order valence-corrected chi connectivity index (χ0v) is 15.3. The van der Waals surface area contributed by atoms with Crippen molar-refractivity contribution in [3.63, 3.8) is 0 Å². The predicted molar refractivity (Wildman–Crippen MR) is 100 cm³/mol. The number of aryl methyl sites for hydroxylation is 1. The number of pyridine rings is 1. The summed E-state index contributed by atoms with van der Waals surface area (Å²) >= 11 is 0. The van der Waals surface area contributed by atoms with Crippen LogP contribution in [0.3, 0.4) is 0 Å². The normalized spacial score (nSPS) is 10.3. The molecule has 8 heteroatoms. The number of nitrogen functional groups attached to an aromatic ring is 1. The highest BCUT2D eigenvalue weighted by Crippen LogP contribution is 2.27. The Kier molecular flexibility index (Phi) is 6.41. The van der Waals surface area contributed by atoms with Gasteiger partial charge >= 0.3 is 0 Å². The number of hydrogen-bond acceptors (Lipinski definition) is 5. The second kappa shape index (κ2) is 8.53. The van der Waals surface area contributed by atoms with E-state index in [2.05, 4.69) is 10.1 Å². The Morgan fingerprint density at radius 2 is 2.00 bits per heavy atom. The molecule has 2 heterocycles. The van der Waals surface area contributed by atoms with Crippen LogP contribution in [0.1, 0.15) is 5.56 Å². The molecule has 0 aliphatic carbocycles. The van der Waals surface area contributed by atoms with Crippen molar-refractivity contribution in [1.82, 2.24) is 14.8 Å². The number of aromatic nitrogens is 3. The third-order valence-electron chi connectivity index (χ3n) is 3.87. The van der Waals surface area contributed by atoms with Crippen LogP contribution < -0.4 is 15.2 Å². The van der Waals surface area contributed by atoms with Crippen LogP contribution in [0, 0.1) is 5.82 Å². The molecule has 2 aromatic heterocycles. The average Bonchev–Trinajstić information content (AvgIpc) is 3.03. The molecule has 0 fully saturated rings. The highest BCUT2D eigenvalue weighted by molar-refractivity contribution is 5.85. The topological polar surface area (TPSA) is 75.2 Å². The van der Waals surface area contributed by atoms with Gasteiger partial charge in [0.15, 0.2) is 11.6 Å². The van der Waals surface area contributed by atoms with Gasteiger partial charge in [0.05, 0.1) is 19.4 Å². The third-order valence-corrected chi connectivity index (χ3v) is 3.87. The first kappa shape index (κ1) is 19.5. The summed E-state index contributed by atoms with van der Waals surface area (Å²) in [6.07, 6.45) is 3.87. The summed E-state index contributed by atoms with van der Waals surface area (Å²) < 4.78 is 26.2. The Bertz CT molecular complexity index is 885. The van der Waals surface area contributed by atoms with Gasteiger partial charge in [0.1, 0.15) is 11.6 Å². The number of methoxy groups -OCH3 is 1. The summed E-state index contributed by atoms with van der Waals surface area (Å²) in [5, 5.41) is 4.14. The van der Waals surface area contributed by atoms with Crippen molar-refractivity contribution in [2.24, 2.45) is 7.05 Å². The summed E-state index contributed by atoms with van der Waals surface area (Å²) in [5.74, 6) is 1.10. The molecule has 1 aromatic carbocycles. The first-order valence-corrected chi connectivity index (χ1v) is 7.77. The lowest BCUT2D eigenvalue weighted by Crippen LogP contribution is -2.06. The highest BCUT2D eigenvalue weighted by Gasteiger charge is 2.10. The van der Waals surface area contributed by atoms with Crippen LogP contribution in [0.15, 0.2) is 42.7 Å². The Morgan fingerprint density at radius 1 is 1.19 bits per heavy atom. The van der Waals surface area contributed by atoms with E-state index < -0.39 is 0 Å². The van der Waals surface area contributed by atoms with Crippen molar-refractivity contribution in [3.8, 4) is 22.8 Å². The molecule has 0 amide bonds. The second-order valence-electron chi connectivity index (χ2n) is 5.50. The standard InChI is InChI=1S/C18H19FN4O2.ClH/c1-23-15(5-7-22-23)13-10-17(18(20)21-11-13)25-8-6-12-9-14(19)3-4-16(12)24-2;/h3-5,7,9-11H,6,8H2,1-2H3,(H2,20,21);1H. The molecular formula is C18H20ClFN4O2. The van der Waals surface area contributed by atoms with E-state index in [-0.39, 0.29) is 18.2 Å². The van der Waals surface area contributed by atoms with E-state index in [1.807, 2.05) is 19.2 Å². The number of ether oxygens (including phenoxy) is 2. The maximum Gasteiger partial charge on any atom is 0.166 e. The number of rotatable bonds is 6. The van der Waals surface area contributed by atoms with Crippen LogP contribution in [-0.2, 0) is 13.5 Å². The first-order valence-electron chi connectivity index (χ1n) is 7.77. The third kappa shape index (κ3) is 4.23. The minimum atomic E-state index is -0.310. The van der Waals surface area contributed by atoms with Crippen molar-refractivity contribution in [3.05, 3.63) is 54.1 Å². The lowest BCUT2D eigenvalue weighted by Gasteiger charge is -2.12. The molecule has 3 aromatic rings. The Labute approximate surface area is 157 Å². The molecule has 0 aliphatic rings. The number of nitrogens with two attached hydrogens (primary N) is 1. The van der Waals surface area contributed by atoms with E-state index >= 15 is 0 Å². The van der Waals surface area contributed by atoms with Crippen molar-refractivity contribution in [2.45, 2.75) is 6.42 Å². The maximum absolute atomic E-state index is 13.4. The molecule has 0 saturated carbocycles. The zero-order chi connectivity index (χ0) is 17.8. The van der Waals surface area contributed by atoms with Gasteiger partial charge < -0.3 is 15.2 Å².